The second-order valence-corrected chi connectivity index (χ2v) is 3.50. The third kappa shape index (κ3) is 3.18. The van der Waals surface area contributed by atoms with Gasteiger partial charge >= 0.3 is 0 Å². The molecule has 0 saturated carbocycles. The first-order valence-electron chi connectivity index (χ1n) is 4.68. The van der Waals surface area contributed by atoms with Crippen LogP contribution in [0, 0.1) is 6.92 Å². The Morgan fingerprint density at radius 3 is 2.86 bits per heavy atom. The Morgan fingerprint density at radius 2 is 2.29 bits per heavy atom. The predicted octanol–water partition coefficient (Wildman–Crippen LogP) is 0.958. The number of amides is 1. The lowest BCUT2D eigenvalue weighted by Crippen LogP contribution is -2.37. The predicted molar refractivity (Wildman–Crippen MR) is 56.7 cm³/mol. The van der Waals surface area contributed by atoms with E-state index in [0.29, 0.717) is 6.54 Å². The molecule has 0 fully saturated rings. The minimum absolute atomic E-state index is 0.119. The van der Waals surface area contributed by atoms with Crippen molar-refractivity contribution in [3.63, 3.8) is 0 Å². The second kappa shape index (κ2) is 4.77. The van der Waals surface area contributed by atoms with Gasteiger partial charge in [-0.25, -0.2) is 0 Å². The first-order valence-corrected chi connectivity index (χ1v) is 4.68. The van der Waals surface area contributed by atoms with E-state index in [1.807, 2.05) is 31.2 Å². The van der Waals surface area contributed by atoms with Crippen LogP contribution in [0.15, 0.2) is 24.3 Å². The van der Waals surface area contributed by atoms with Crippen molar-refractivity contribution in [1.82, 2.24) is 5.32 Å². The molecule has 0 spiro atoms. The number of hydrogen-bond acceptors (Lipinski definition) is 2. The Balaban J connectivity index is 2.50. The van der Waals surface area contributed by atoms with E-state index in [9.17, 15) is 4.79 Å². The normalized spacial score (nSPS) is 12.2. The summed E-state index contributed by atoms with van der Waals surface area (Å²) in [7, 11) is 0. The van der Waals surface area contributed by atoms with E-state index in [-0.39, 0.29) is 5.91 Å². The molecule has 0 unspecified atom stereocenters. The molecule has 1 aromatic rings. The molecule has 3 nitrogen and oxygen atoms in total. The van der Waals surface area contributed by atoms with Gasteiger partial charge in [0.25, 0.3) is 0 Å². The first kappa shape index (κ1) is 10.7. The van der Waals surface area contributed by atoms with E-state index in [4.69, 9.17) is 5.73 Å². The minimum atomic E-state index is -0.445. The SMILES string of the molecule is Cc1cccc(CNC(=O)[C@H](C)N)c1. The molecule has 0 saturated heterocycles. The summed E-state index contributed by atoms with van der Waals surface area (Å²) in [6.45, 7) is 4.24. The average molecular weight is 192 g/mol. The van der Waals surface area contributed by atoms with Crippen LogP contribution in [0.5, 0.6) is 0 Å². The molecule has 0 aliphatic rings. The Kier molecular flexibility index (Phi) is 3.65. The van der Waals surface area contributed by atoms with Crippen LogP contribution in [0.2, 0.25) is 0 Å². The molecule has 0 heterocycles. The Labute approximate surface area is 84.3 Å². The van der Waals surface area contributed by atoms with E-state index in [0.717, 1.165) is 5.56 Å². The van der Waals surface area contributed by atoms with E-state index in [1.54, 1.807) is 6.92 Å². The van der Waals surface area contributed by atoms with E-state index < -0.39 is 6.04 Å². The zero-order valence-corrected chi connectivity index (χ0v) is 8.58. The molecule has 0 aromatic heterocycles. The molecule has 1 amide bonds. The van der Waals surface area contributed by atoms with Crippen LogP contribution < -0.4 is 11.1 Å². The maximum atomic E-state index is 11.2. The molecule has 1 rings (SSSR count). The van der Waals surface area contributed by atoms with Crippen molar-refractivity contribution in [1.29, 1.82) is 0 Å². The van der Waals surface area contributed by atoms with Crippen molar-refractivity contribution >= 4 is 5.91 Å². The van der Waals surface area contributed by atoms with Gasteiger partial charge in [0.05, 0.1) is 6.04 Å². The van der Waals surface area contributed by atoms with Crippen molar-refractivity contribution < 1.29 is 4.79 Å². The Bertz CT molecular complexity index is 321. The summed E-state index contributed by atoms with van der Waals surface area (Å²) in [5.74, 6) is -0.119. The van der Waals surface area contributed by atoms with Gasteiger partial charge in [-0.3, -0.25) is 4.79 Å². The highest BCUT2D eigenvalue weighted by atomic mass is 16.2. The van der Waals surface area contributed by atoms with Gasteiger partial charge in [0.2, 0.25) is 5.91 Å². The fourth-order valence-corrected chi connectivity index (χ4v) is 1.17. The van der Waals surface area contributed by atoms with E-state index in [1.165, 1.54) is 5.56 Å². The zero-order chi connectivity index (χ0) is 10.6. The molecular weight excluding hydrogens is 176 g/mol. The minimum Gasteiger partial charge on any atom is -0.351 e. The van der Waals surface area contributed by atoms with E-state index in [2.05, 4.69) is 5.32 Å². The Hall–Kier alpha value is -1.35. The number of benzene rings is 1. The van der Waals surface area contributed by atoms with Crippen LogP contribution in [0.4, 0.5) is 0 Å². The summed E-state index contributed by atoms with van der Waals surface area (Å²) in [6.07, 6.45) is 0. The van der Waals surface area contributed by atoms with Crippen molar-refractivity contribution in [3.05, 3.63) is 35.4 Å². The smallest absolute Gasteiger partial charge is 0.236 e. The highest BCUT2D eigenvalue weighted by Gasteiger charge is 2.05. The first-order chi connectivity index (χ1) is 6.59. The van der Waals surface area contributed by atoms with Gasteiger partial charge in [-0.1, -0.05) is 29.8 Å². The van der Waals surface area contributed by atoms with Crippen molar-refractivity contribution in [3.8, 4) is 0 Å². The van der Waals surface area contributed by atoms with Gasteiger partial charge in [-0.2, -0.15) is 0 Å². The highest BCUT2D eigenvalue weighted by Crippen LogP contribution is 2.02. The summed E-state index contributed by atoms with van der Waals surface area (Å²) in [4.78, 5) is 11.2. The Morgan fingerprint density at radius 1 is 1.57 bits per heavy atom. The lowest BCUT2D eigenvalue weighted by Gasteiger charge is -2.07. The van der Waals surface area contributed by atoms with Crippen LogP contribution in [0.3, 0.4) is 0 Å². The molecule has 1 atom stereocenters. The monoisotopic (exact) mass is 192 g/mol. The number of aryl methyl sites for hydroxylation is 1. The molecule has 0 aliphatic heterocycles. The summed E-state index contributed by atoms with van der Waals surface area (Å²) in [5, 5.41) is 2.76. The third-order valence-electron chi connectivity index (χ3n) is 1.96. The molecule has 0 aliphatic carbocycles. The number of carbonyl (C=O) groups is 1. The zero-order valence-electron chi connectivity index (χ0n) is 8.58. The highest BCUT2D eigenvalue weighted by molar-refractivity contribution is 5.80. The fourth-order valence-electron chi connectivity index (χ4n) is 1.17. The molecule has 0 radical (unpaired) electrons. The number of hydrogen-bond donors (Lipinski definition) is 2. The molecule has 76 valence electrons. The van der Waals surface area contributed by atoms with Crippen LogP contribution in [0.25, 0.3) is 0 Å². The van der Waals surface area contributed by atoms with Crippen molar-refractivity contribution in [2.24, 2.45) is 5.73 Å². The van der Waals surface area contributed by atoms with Gasteiger partial charge < -0.3 is 11.1 Å². The number of nitrogens with two attached hydrogens (primary N) is 1. The van der Waals surface area contributed by atoms with Gasteiger partial charge in [0.15, 0.2) is 0 Å². The number of nitrogens with one attached hydrogen (secondary N) is 1. The second-order valence-electron chi connectivity index (χ2n) is 3.50. The van der Waals surface area contributed by atoms with Crippen LogP contribution in [-0.4, -0.2) is 11.9 Å². The average Bonchev–Trinajstić information content (AvgIpc) is 2.14. The molecule has 3 heteroatoms. The van der Waals surface area contributed by atoms with Crippen LogP contribution in [-0.2, 0) is 11.3 Å². The third-order valence-corrected chi connectivity index (χ3v) is 1.96. The molecule has 14 heavy (non-hydrogen) atoms. The lowest BCUT2D eigenvalue weighted by atomic mass is 10.1. The molecule has 1 aromatic carbocycles. The molecule has 0 bridgehead atoms. The topological polar surface area (TPSA) is 55.1 Å². The molecular formula is C11H16N2O. The maximum absolute atomic E-state index is 11.2. The number of carbonyl (C=O) groups excluding carboxylic acids is 1. The van der Waals surface area contributed by atoms with Gasteiger partial charge in [0.1, 0.15) is 0 Å². The largest absolute Gasteiger partial charge is 0.351 e. The summed E-state index contributed by atoms with van der Waals surface area (Å²) in [6, 6.07) is 7.58. The van der Waals surface area contributed by atoms with Crippen molar-refractivity contribution in [2.45, 2.75) is 26.4 Å². The number of rotatable bonds is 3. The quantitative estimate of drug-likeness (QED) is 0.749. The van der Waals surface area contributed by atoms with Crippen molar-refractivity contribution in [2.75, 3.05) is 0 Å². The lowest BCUT2D eigenvalue weighted by molar-refractivity contribution is -0.122. The summed E-state index contributed by atoms with van der Waals surface area (Å²) in [5.41, 5.74) is 7.71. The van der Waals surface area contributed by atoms with E-state index >= 15 is 0 Å². The van der Waals surface area contributed by atoms with Gasteiger partial charge in [0, 0.05) is 6.54 Å². The maximum Gasteiger partial charge on any atom is 0.236 e. The summed E-state index contributed by atoms with van der Waals surface area (Å²) < 4.78 is 0. The van der Waals surface area contributed by atoms with Gasteiger partial charge in [-0.05, 0) is 19.4 Å². The fraction of sp³-hybridized carbons (Fsp3) is 0.364. The molecule has 3 N–H and O–H groups in total. The summed E-state index contributed by atoms with van der Waals surface area (Å²) >= 11 is 0. The van der Waals surface area contributed by atoms with Gasteiger partial charge in [-0.15, -0.1) is 0 Å². The van der Waals surface area contributed by atoms with Crippen LogP contribution >= 0.6 is 0 Å². The standard InChI is InChI=1S/C11H16N2O/c1-8-4-3-5-10(6-8)7-13-11(14)9(2)12/h3-6,9H,7,12H2,1-2H3,(H,13,14)/t9-/m0/s1. The van der Waals surface area contributed by atoms with Crippen LogP contribution in [0.1, 0.15) is 18.1 Å².